The zero-order valence-corrected chi connectivity index (χ0v) is 13.1. The molecule has 0 aliphatic rings. The molecular formula is C15H12BrClN2O. The highest BCUT2D eigenvalue weighted by Crippen LogP contribution is 2.31. The molecule has 2 aromatic carbocycles. The van der Waals surface area contributed by atoms with E-state index in [2.05, 4.69) is 32.4 Å². The molecule has 1 aromatic heterocycles. The third-order valence-corrected chi connectivity index (χ3v) is 4.03. The lowest BCUT2D eigenvalue weighted by atomic mass is 10.2. The SMILES string of the molecule is CCn1c(-c2ccc(O)c(Cl)c2)nc2cc(Br)ccc21. The van der Waals surface area contributed by atoms with Gasteiger partial charge >= 0.3 is 0 Å². The second kappa shape index (κ2) is 5.11. The number of aryl methyl sites for hydroxylation is 1. The van der Waals surface area contributed by atoms with E-state index in [9.17, 15) is 5.11 Å². The maximum absolute atomic E-state index is 9.53. The first-order valence-corrected chi connectivity index (χ1v) is 7.42. The van der Waals surface area contributed by atoms with Crippen LogP contribution < -0.4 is 0 Å². The monoisotopic (exact) mass is 350 g/mol. The number of hydrogen-bond donors (Lipinski definition) is 1. The number of imidazole rings is 1. The number of benzene rings is 2. The van der Waals surface area contributed by atoms with Crippen LogP contribution in [0.4, 0.5) is 0 Å². The van der Waals surface area contributed by atoms with Crippen LogP contribution in [0.3, 0.4) is 0 Å². The molecule has 0 spiro atoms. The van der Waals surface area contributed by atoms with Gasteiger partial charge in [0.05, 0.1) is 16.1 Å². The molecule has 102 valence electrons. The summed E-state index contributed by atoms with van der Waals surface area (Å²) in [7, 11) is 0. The Labute approximate surface area is 130 Å². The molecule has 0 fully saturated rings. The first kappa shape index (κ1) is 13.5. The van der Waals surface area contributed by atoms with Gasteiger partial charge < -0.3 is 9.67 Å². The standard InChI is InChI=1S/C15H12BrClN2O/c1-2-19-13-5-4-10(16)8-12(13)18-15(19)9-3-6-14(20)11(17)7-9/h3-8,20H,2H2,1H3. The van der Waals surface area contributed by atoms with E-state index in [1.54, 1.807) is 12.1 Å². The molecule has 0 unspecified atom stereocenters. The number of halogens is 2. The Morgan fingerprint density at radius 3 is 2.75 bits per heavy atom. The fourth-order valence-corrected chi connectivity index (χ4v) is 2.82. The summed E-state index contributed by atoms with van der Waals surface area (Å²) in [5.74, 6) is 0.930. The normalized spacial score (nSPS) is 11.2. The van der Waals surface area contributed by atoms with Crippen molar-refractivity contribution in [3.8, 4) is 17.1 Å². The lowest BCUT2D eigenvalue weighted by Gasteiger charge is -2.07. The number of hydrogen-bond acceptors (Lipinski definition) is 2. The number of phenolic OH excluding ortho intramolecular Hbond substituents is 1. The van der Waals surface area contributed by atoms with Crippen molar-refractivity contribution < 1.29 is 5.11 Å². The summed E-state index contributed by atoms with van der Waals surface area (Å²) in [6.45, 7) is 2.89. The summed E-state index contributed by atoms with van der Waals surface area (Å²) in [6, 6.07) is 11.2. The van der Waals surface area contributed by atoms with Crippen LogP contribution in [-0.2, 0) is 6.54 Å². The molecule has 3 aromatic rings. The molecule has 0 aliphatic heterocycles. The van der Waals surface area contributed by atoms with E-state index in [-0.39, 0.29) is 5.75 Å². The number of rotatable bonds is 2. The molecule has 0 bridgehead atoms. The quantitative estimate of drug-likeness (QED) is 0.717. The highest BCUT2D eigenvalue weighted by molar-refractivity contribution is 9.10. The van der Waals surface area contributed by atoms with E-state index in [0.29, 0.717) is 5.02 Å². The molecule has 0 aliphatic carbocycles. The lowest BCUT2D eigenvalue weighted by Crippen LogP contribution is -1.97. The zero-order chi connectivity index (χ0) is 14.3. The van der Waals surface area contributed by atoms with Gasteiger partial charge in [-0.05, 0) is 43.3 Å². The van der Waals surface area contributed by atoms with Crippen LogP contribution in [0, 0.1) is 0 Å². The first-order chi connectivity index (χ1) is 9.60. The molecule has 1 N–H and O–H groups in total. The summed E-state index contributed by atoms with van der Waals surface area (Å²) in [5.41, 5.74) is 2.90. The molecule has 5 heteroatoms. The number of phenols is 1. The van der Waals surface area contributed by atoms with Crippen molar-refractivity contribution in [1.29, 1.82) is 0 Å². The third kappa shape index (κ3) is 2.19. The Morgan fingerprint density at radius 2 is 2.05 bits per heavy atom. The predicted molar refractivity (Wildman–Crippen MR) is 85.2 cm³/mol. The van der Waals surface area contributed by atoms with Gasteiger partial charge in [0.15, 0.2) is 0 Å². The van der Waals surface area contributed by atoms with Crippen molar-refractivity contribution in [2.24, 2.45) is 0 Å². The second-order valence-electron chi connectivity index (χ2n) is 4.48. The maximum Gasteiger partial charge on any atom is 0.141 e. The van der Waals surface area contributed by atoms with Crippen molar-refractivity contribution >= 4 is 38.6 Å². The van der Waals surface area contributed by atoms with E-state index < -0.39 is 0 Å². The first-order valence-electron chi connectivity index (χ1n) is 6.25. The van der Waals surface area contributed by atoms with Crippen molar-refractivity contribution in [3.05, 3.63) is 45.9 Å². The van der Waals surface area contributed by atoms with E-state index in [1.807, 2.05) is 24.3 Å². The molecular weight excluding hydrogens is 340 g/mol. The molecule has 3 rings (SSSR count). The molecule has 3 nitrogen and oxygen atoms in total. The fourth-order valence-electron chi connectivity index (χ4n) is 2.29. The second-order valence-corrected chi connectivity index (χ2v) is 5.80. The van der Waals surface area contributed by atoms with Gasteiger partial charge in [-0.15, -0.1) is 0 Å². The predicted octanol–water partition coefficient (Wildman–Crippen LogP) is 4.84. The largest absolute Gasteiger partial charge is 0.506 e. The van der Waals surface area contributed by atoms with E-state index >= 15 is 0 Å². The smallest absolute Gasteiger partial charge is 0.141 e. The minimum atomic E-state index is 0.0809. The molecule has 20 heavy (non-hydrogen) atoms. The van der Waals surface area contributed by atoms with Gasteiger partial charge in [-0.25, -0.2) is 4.98 Å². The average Bonchev–Trinajstić information content (AvgIpc) is 2.79. The van der Waals surface area contributed by atoms with E-state index in [4.69, 9.17) is 11.6 Å². The Hall–Kier alpha value is -1.52. The molecule has 0 atom stereocenters. The lowest BCUT2D eigenvalue weighted by molar-refractivity contribution is 0.475. The van der Waals surface area contributed by atoms with Crippen LogP contribution in [-0.4, -0.2) is 14.7 Å². The number of aromatic hydroxyl groups is 1. The molecule has 1 heterocycles. The third-order valence-electron chi connectivity index (χ3n) is 3.23. The molecule has 0 amide bonds. The molecule has 0 radical (unpaired) electrons. The van der Waals surface area contributed by atoms with Crippen molar-refractivity contribution in [2.45, 2.75) is 13.5 Å². The number of aromatic nitrogens is 2. The van der Waals surface area contributed by atoms with Crippen LogP contribution in [0.25, 0.3) is 22.4 Å². The van der Waals surface area contributed by atoms with Gasteiger partial charge in [-0.3, -0.25) is 0 Å². The Bertz CT molecular complexity index is 798. The highest BCUT2D eigenvalue weighted by atomic mass is 79.9. The summed E-state index contributed by atoms with van der Waals surface area (Å²) >= 11 is 9.45. The van der Waals surface area contributed by atoms with Crippen LogP contribution in [0.5, 0.6) is 5.75 Å². The van der Waals surface area contributed by atoms with Gasteiger partial charge in [0, 0.05) is 16.6 Å². The zero-order valence-electron chi connectivity index (χ0n) is 10.8. The van der Waals surface area contributed by atoms with Crippen molar-refractivity contribution in [1.82, 2.24) is 9.55 Å². The van der Waals surface area contributed by atoms with Gasteiger partial charge in [0.1, 0.15) is 11.6 Å². The minimum absolute atomic E-state index is 0.0809. The summed E-state index contributed by atoms with van der Waals surface area (Å²) in [4.78, 5) is 4.68. The van der Waals surface area contributed by atoms with Crippen LogP contribution in [0.2, 0.25) is 5.02 Å². The number of nitrogens with zero attached hydrogens (tertiary/aromatic N) is 2. The maximum atomic E-state index is 9.53. The Balaban J connectivity index is 2.26. The fraction of sp³-hybridized carbons (Fsp3) is 0.133. The summed E-state index contributed by atoms with van der Waals surface area (Å²) < 4.78 is 3.13. The molecule has 0 saturated heterocycles. The minimum Gasteiger partial charge on any atom is -0.506 e. The van der Waals surface area contributed by atoms with E-state index in [0.717, 1.165) is 33.4 Å². The topological polar surface area (TPSA) is 38.0 Å². The van der Waals surface area contributed by atoms with Crippen LogP contribution in [0.15, 0.2) is 40.9 Å². The summed E-state index contributed by atoms with van der Waals surface area (Å²) in [6.07, 6.45) is 0. The Morgan fingerprint density at radius 1 is 1.25 bits per heavy atom. The van der Waals surface area contributed by atoms with Crippen molar-refractivity contribution in [3.63, 3.8) is 0 Å². The van der Waals surface area contributed by atoms with E-state index in [1.165, 1.54) is 0 Å². The number of fused-ring (bicyclic) bond motifs is 1. The Kier molecular flexibility index (Phi) is 3.44. The van der Waals surface area contributed by atoms with Crippen molar-refractivity contribution in [2.75, 3.05) is 0 Å². The van der Waals surface area contributed by atoms with Crippen LogP contribution in [0.1, 0.15) is 6.92 Å². The average molecular weight is 352 g/mol. The van der Waals surface area contributed by atoms with Gasteiger partial charge in [-0.1, -0.05) is 27.5 Å². The highest BCUT2D eigenvalue weighted by Gasteiger charge is 2.13. The van der Waals surface area contributed by atoms with Gasteiger partial charge in [0.25, 0.3) is 0 Å². The summed E-state index contributed by atoms with van der Waals surface area (Å²) in [5, 5.41) is 9.86. The van der Waals surface area contributed by atoms with Crippen LogP contribution >= 0.6 is 27.5 Å². The van der Waals surface area contributed by atoms with Gasteiger partial charge in [0.2, 0.25) is 0 Å². The molecule has 0 saturated carbocycles. The van der Waals surface area contributed by atoms with Gasteiger partial charge in [-0.2, -0.15) is 0 Å².